The summed E-state index contributed by atoms with van der Waals surface area (Å²) in [5.41, 5.74) is 13.9. The third-order valence-electron chi connectivity index (χ3n) is 34.6. The fourth-order valence-corrected chi connectivity index (χ4v) is 32.5. The number of fused-ring (bicyclic) bond motifs is 8. The van der Waals surface area contributed by atoms with Crippen molar-refractivity contribution < 1.29 is 24.2 Å². The van der Waals surface area contributed by atoms with Crippen LogP contribution in [0.3, 0.4) is 0 Å². The van der Waals surface area contributed by atoms with Crippen LogP contribution in [0.2, 0.25) is 0 Å². The van der Waals surface area contributed by atoms with Crippen LogP contribution in [0.5, 0.6) is 0 Å². The van der Waals surface area contributed by atoms with Crippen molar-refractivity contribution in [3.05, 3.63) is 81.0 Å². The van der Waals surface area contributed by atoms with Gasteiger partial charge in [0.15, 0.2) is 11.4 Å². The fourth-order valence-electron chi connectivity index (χ4n) is 32.5. The number of nitrogens with zero attached hydrogens (tertiary/aromatic N) is 2. The Hall–Kier alpha value is -3.80. The lowest BCUT2D eigenvalue weighted by Gasteiger charge is -2.73. The first kappa shape index (κ1) is 54.6. The molecule has 21 rings (SSSR count). The second-order valence-electron chi connectivity index (χ2n) is 36.0. The monoisotopic (exact) mass is 1200 g/mol. The molecule has 10 bridgehead atoms. The highest BCUT2D eigenvalue weighted by atomic mass is 16.6. The molecule has 1 aromatic rings. The van der Waals surface area contributed by atoms with Gasteiger partial charge in [-0.15, -0.1) is 5.92 Å². The highest BCUT2D eigenvalue weighted by Crippen LogP contribution is 2.89. The Labute approximate surface area is 531 Å². The normalized spacial score (nSPS) is 51.6. The number of ether oxygens (including phenoxy) is 2. The zero-order chi connectivity index (χ0) is 59.0. The average Bonchev–Trinajstić information content (AvgIpc) is 1.52. The van der Waals surface area contributed by atoms with Gasteiger partial charge in [-0.25, -0.2) is 4.79 Å². The number of esters is 2. The topological polar surface area (TPSA) is 105 Å². The molecule has 12 fully saturated rings. The van der Waals surface area contributed by atoms with E-state index in [1.807, 2.05) is 0 Å². The van der Waals surface area contributed by atoms with Gasteiger partial charge in [0.2, 0.25) is 0 Å². The van der Waals surface area contributed by atoms with Crippen molar-refractivity contribution >= 4 is 11.9 Å². The Balaban J connectivity index is 0.808. The molecule has 20 aliphatic rings. The van der Waals surface area contributed by atoms with E-state index in [1.165, 1.54) is 179 Å². The van der Waals surface area contributed by atoms with Crippen molar-refractivity contribution in [3.8, 4) is 11.8 Å². The number of carbonyl (C=O) groups is 2. The van der Waals surface area contributed by atoms with E-state index in [2.05, 4.69) is 58.9 Å². The number of hydrogen-bond donors (Lipinski definition) is 2. The molecule has 23 unspecified atom stereocenters. The zero-order valence-corrected chi connectivity index (χ0v) is 54.0. The number of hydrogen-bond acceptors (Lipinski definition) is 8. The number of piperidine rings is 2. The minimum atomic E-state index is -1.18. The molecule has 0 amide bonds. The molecule has 8 spiro atoms. The van der Waals surface area contributed by atoms with E-state index in [0.717, 1.165) is 73.7 Å². The van der Waals surface area contributed by atoms with Gasteiger partial charge in [-0.2, -0.15) is 0 Å². The van der Waals surface area contributed by atoms with Crippen molar-refractivity contribution in [1.82, 2.24) is 9.80 Å². The Bertz CT molecular complexity index is 3490. The van der Waals surface area contributed by atoms with Crippen molar-refractivity contribution in [1.29, 1.82) is 0 Å². The highest BCUT2D eigenvalue weighted by molar-refractivity contribution is 6.00. The van der Waals surface area contributed by atoms with E-state index in [1.54, 1.807) is 16.8 Å². The molecule has 3 saturated heterocycles. The van der Waals surface area contributed by atoms with Gasteiger partial charge in [0.25, 0.3) is 0 Å². The maximum absolute atomic E-state index is 17.3. The number of rotatable bonds is 4. The van der Waals surface area contributed by atoms with Crippen molar-refractivity contribution in [2.45, 2.75) is 255 Å². The molecule has 0 radical (unpaired) electrons. The Morgan fingerprint density at radius 1 is 0.730 bits per heavy atom. The molecule has 1 aromatic carbocycles. The summed E-state index contributed by atoms with van der Waals surface area (Å²) >= 11 is 0. The largest absolute Gasteiger partial charge is 0.509 e. The lowest BCUT2D eigenvalue weighted by Crippen LogP contribution is -2.78. The molecule has 7 heterocycles. The smallest absolute Gasteiger partial charge is 0.339 e. The van der Waals surface area contributed by atoms with Gasteiger partial charge in [-0.3, -0.25) is 9.69 Å². The number of benzene rings is 1. The number of aliphatic hydroxyl groups is 1. The van der Waals surface area contributed by atoms with Gasteiger partial charge in [0.1, 0.15) is 11.2 Å². The molecule has 13 aliphatic carbocycles. The van der Waals surface area contributed by atoms with E-state index in [-0.39, 0.29) is 47.1 Å². The van der Waals surface area contributed by atoms with Crippen LogP contribution in [-0.2, 0) is 26.3 Å². The molecule has 9 saturated carbocycles. The summed E-state index contributed by atoms with van der Waals surface area (Å²) in [5.74, 6) is 14.5. The number of carbonyl (C=O) groups excluding carboxylic acids is 2. The first-order valence-electron chi connectivity index (χ1n) is 38.3. The lowest BCUT2D eigenvalue weighted by atomic mass is 9.27. The Morgan fingerprint density at radius 3 is 2.44 bits per heavy atom. The molecule has 8 nitrogen and oxygen atoms in total. The summed E-state index contributed by atoms with van der Waals surface area (Å²) in [5, 5.41) is 14.6. The summed E-state index contributed by atoms with van der Waals surface area (Å²) in [6.07, 6.45) is 48.0. The summed E-state index contributed by atoms with van der Waals surface area (Å²) < 4.78 is 15.4. The summed E-state index contributed by atoms with van der Waals surface area (Å²) in [6.45, 7) is 5.36. The summed E-state index contributed by atoms with van der Waals surface area (Å²) in [7, 11) is 0. The predicted molar refractivity (Wildman–Crippen MR) is 343 cm³/mol. The highest BCUT2D eigenvalue weighted by Gasteiger charge is 2.94. The minimum Gasteiger partial charge on any atom is -0.509 e. The fraction of sp³-hybridized carbons (Fsp3) is 0.778. The average molecular weight is 1200 g/mol. The molecule has 7 aliphatic heterocycles. The maximum atomic E-state index is 17.3. The number of nitrogens with two attached hydrogens (primary N) is 1. The van der Waals surface area contributed by atoms with Gasteiger partial charge in [-0.05, 0) is 277 Å². The van der Waals surface area contributed by atoms with Crippen LogP contribution in [0.4, 0.5) is 0 Å². The molecular weight excluding hydrogens is 1090 g/mol. The van der Waals surface area contributed by atoms with Gasteiger partial charge in [0, 0.05) is 73.1 Å². The molecule has 23 atom stereocenters. The van der Waals surface area contributed by atoms with E-state index < -0.39 is 16.4 Å². The Morgan fingerprint density at radius 2 is 1.54 bits per heavy atom. The van der Waals surface area contributed by atoms with E-state index >= 15 is 9.59 Å². The Kier molecular flexibility index (Phi) is 11.3. The van der Waals surface area contributed by atoms with Crippen LogP contribution < -0.4 is 5.73 Å². The van der Waals surface area contributed by atoms with E-state index in [4.69, 9.17) is 15.2 Å². The number of aliphatic hydroxyl groups excluding tert-OH is 1. The molecular formula is C81H103N3O5. The first-order chi connectivity index (χ1) is 43.5. The minimum absolute atomic E-state index is 0.0840. The summed E-state index contributed by atoms with van der Waals surface area (Å²) in [4.78, 5) is 39.4. The van der Waals surface area contributed by atoms with Crippen LogP contribution in [0.25, 0.3) is 0 Å². The SMILES string of the molecule is CC1CC2=C3C4C5=C6C(C=CC(C7CCC8CCC9CCCC9%10CCCC8%10C7)CC7C68C(=O)OC(=C(O)CC6C9CC%10(CCCC%10)C%10(CCCC%10%11CCCC%11C#CCC%10C%11CC(CN%106)C(CC2)N3C%11)C9)C8(CC5)C72OC(=O)c3c(CCCN)cccc32)CC14. The van der Waals surface area contributed by atoms with Crippen molar-refractivity contribution in [2.24, 2.45) is 121 Å². The van der Waals surface area contributed by atoms with Gasteiger partial charge >= 0.3 is 11.9 Å². The molecule has 472 valence electrons. The third-order valence-corrected chi connectivity index (χ3v) is 34.6. The van der Waals surface area contributed by atoms with Crippen LogP contribution in [-0.4, -0.2) is 64.6 Å². The van der Waals surface area contributed by atoms with Crippen LogP contribution in [0.1, 0.15) is 247 Å². The van der Waals surface area contributed by atoms with E-state index in [0.29, 0.717) is 112 Å². The van der Waals surface area contributed by atoms with Crippen molar-refractivity contribution in [3.63, 3.8) is 0 Å². The molecule has 89 heavy (non-hydrogen) atoms. The van der Waals surface area contributed by atoms with Crippen molar-refractivity contribution in [2.75, 3.05) is 19.6 Å². The number of aryl methyl sites for hydroxylation is 1. The van der Waals surface area contributed by atoms with Crippen LogP contribution in [0.15, 0.2) is 64.3 Å². The standard InChI is InChI=1S/C81H103N3O5/c1-47-37-51-21-25-63-53-38-54-46-84(63)70(51)68-59-26-35-79-71(65(85)41-64-55-42-74(27-2-3-28-74)78(44-55)34-10-32-76(78)30-7-14-56(76)13-5-17-62(54)83(64)45-53)88-73(87)80(79)66(81(79)61-16-4-11-48(12-8-36-82)67(61)72(86)89-81)40-49(18-19-50(69(59)80)39-60(47)68)52-20-22-58-24-23-57-15-6-29-75(57)31-9-33-77(58,75)43-52/h4,11,16,18-19,47,49-50,52-58,60,62-64,66,68,85H,2-3,6-10,12,14-15,17,20-46,82H2,1H3. The second kappa shape index (κ2) is 18.4. The predicted octanol–water partition coefficient (Wildman–Crippen LogP) is 16.1. The molecule has 8 heteroatoms. The zero-order valence-electron chi connectivity index (χ0n) is 54.0. The molecule has 0 aromatic heterocycles. The molecule has 3 N–H and O–H groups in total. The van der Waals surface area contributed by atoms with E-state index in [9.17, 15) is 5.11 Å². The second-order valence-corrected chi connectivity index (χ2v) is 36.0. The van der Waals surface area contributed by atoms with Gasteiger partial charge in [-0.1, -0.05) is 92.9 Å². The lowest BCUT2D eigenvalue weighted by molar-refractivity contribution is -0.283. The third kappa shape index (κ3) is 6.15. The quantitative estimate of drug-likeness (QED) is 0.175. The maximum Gasteiger partial charge on any atom is 0.339 e. The van der Waals surface area contributed by atoms with Gasteiger partial charge in [0.05, 0.1) is 11.0 Å². The first-order valence-corrected chi connectivity index (χ1v) is 38.3. The van der Waals surface area contributed by atoms with Crippen LogP contribution in [0, 0.1) is 127 Å². The summed E-state index contributed by atoms with van der Waals surface area (Å²) in [6, 6.07) is 7.56. The number of allylic oxidation sites excluding steroid dienone is 4. The van der Waals surface area contributed by atoms with Gasteiger partial charge < -0.3 is 25.2 Å². The van der Waals surface area contributed by atoms with Crippen LogP contribution >= 0.6 is 0 Å².